The predicted octanol–water partition coefficient (Wildman–Crippen LogP) is 0.451. The van der Waals surface area contributed by atoms with Crippen LogP contribution in [-0.4, -0.2) is 50.6 Å². The molecule has 0 bridgehead atoms. The molecule has 0 aliphatic carbocycles. The Morgan fingerprint density at radius 1 is 0.960 bits per heavy atom. The highest BCUT2D eigenvalue weighted by Crippen LogP contribution is 2.12. The van der Waals surface area contributed by atoms with Gasteiger partial charge in [0.05, 0.1) is 31.9 Å². The molecule has 25 heavy (non-hydrogen) atoms. The molecule has 6 heteroatoms. The van der Waals surface area contributed by atoms with Gasteiger partial charge in [-0.1, -0.05) is 60.7 Å². The van der Waals surface area contributed by atoms with Crippen LogP contribution in [0.2, 0.25) is 0 Å². The van der Waals surface area contributed by atoms with E-state index in [0.717, 1.165) is 24.2 Å². The average Bonchev–Trinajstić information content (AvgIpc) is 2.63. The van der Waals surface area contributed by atoms with Crippen molar-refractivity contribution in [2.24, 2.45) is 0 Å². The van der Waals surface area contributed by atoms with Gasteiger partial charge in [0.25, 0.3) is 0 Å². The van der Waals surface area contributed by atoms with Crippen LogP contribution in [0, 0.1) is 0 Å². The second-order valence-corrected chi connectivity index (χ2v) is 8.49. The van der Waals surface area contributed by atoms with Crippen molar-refractivity contribution in [3.8, 4) is 0 Å². The highest BCUT2D eigenvalue weighted by molar-refractivity contribution is 7.88. The number of hydrogen-bond donors (Lipinski definition) is 2. The van der Waals surface area contributed by atoms with E-state index in [1.807, 2.05) is 60.7 Å². The zero-order chi connectivity index (χ0) is 17.7. The maximum absolute atomic E-state index is 12.6. The summed E-state index contributed by atoms with van der Waals surface area (Å²) >= 11 is 0. The summed E-state index contributed by atoms with van der Waals surface area (Å²) in [5.41, 5.74) is 1.73. The van der Waals surface area contributed by atoms with Gasteiger partial charge in [-0.2, -0.15) is 4.31 Å². The van der Waals surface area contributed by atoms with E-state index in [-0.39, 0.29) is 5.75 Å². The molecular formula is C19H25N2O3S+. The summed E-state index contributed by atoms with van der Waals surface area (Å²) in [4.78, 5) is 1.24. The summed E-state index contributed by atoms with van der Waals surface area (Å²) in [5.74, 6) is 0.0514. The van der Waals surface area contributed by atoms with Gasteiger partial charge in [0.2, 0.25) is 10.0 Å². The van der Waals surface area contributed by atoms with Gasteiger partial charge < -0.3 is 10.0 Å². The Morgan fingerprint density at radius 3 is 2.12 bits per heavy atom. The Balaban J connectivity index is 1.53. The lowest BCUT2D eigenvalue weighted by atomic mass is 10.1. The zero-order valence-corrected chi connectivity index (χ0v) is 15.0. The fraction of sp³-hybridized carbons (Fsp3) is 0.368. The minimum atomic E-state index is -3.28. The zero-order valence-electron chi connectivity index (χ0n) is 14.2. The van der Waals surface area contributed by atoms with Crippen molar-refractivity contribution in [1.29, 1.82) is 0 Å². The largest absolute Gasteiger partial charge is 0.382 e. The molecule has 2 N–H and O–H groups in total. The minimum absolute atomic E-state index is 0.0514. The lowest BCUT2D eigenvalue weighted by molar-refractivity contribution is -0.907. The van der Waals surface area contributed by atoms with Crippen molar-refractivity contribution < 1.29 is 18.4 Å². The highest BCUT2D eigenvalue weighted by Gasteiger charge is 2.30. The van der Waals surface area contributed by atoms with Crippen LogP contribution < -0.4 is 4.90 Å². The molecule has 0 aromatic heterocycles. The van der Waals surface area contributed by atoms with Gasteiger partial charge in [-0.25, -0.2) is 8.42 Å². The first-order valence-corrected chi connectivity index (χ1v) is 10.2. The predicted molar refractivity (Wildman–Crippen MR) is 97.6 cm³/mol. The molecule has 0 radical (unpaired) electrons. The Labute approximate surface area is 149 Å². The third kappa shape index (κ3) is 4.89. The standard InChI is InChI=1S/C19H24N2O3S/c22-19(18-9-5-2-6-10-18)15-20-11-13-21(14-12-20)25(23,24)16-17-7-3-1-4-8-17/h1-10,19,22H,11-16H2/p+1/t19-/m1/s1. The molecular weight excluding hydrogens is 336 g/mol. The first-order chi connectivity index (χ1) is 12.0. The van der Waals surface area contributed by atoms with Gasteiger partial charge in [-0.3, -0.25) is 0 Å². The molecule has 1 aliphatic rings. The van der Waals surface area contributed by atoms with E-state index < -0.39 is 16.1 Å². The number of aliphatic hydroxyl groups is 1. The number of quaternary nitrogens is 1. The Bertz CT molecular complexity index is 758. The van der Waals surface area contributed by atoms with Gasteiger partial charge in [0, 0.05) is 0 Å². The van der Waals surface area contributed by atoms with E-state index in [2.05, 4.69) is 0 Å². The number of hydrogen-bond acceptors (Lipinski definition) is 3. The number of rotatable bonds is 6. The van der Waals surface area contributed by atoms with Gasteiger partial charge in [0.15, 0.2) is 0 Å². The summed E-state index contributed by atoms with van der Waals surface area (Å²) in [6, 6.07) is 18.9. The van der Waals surface area contributed by atoms with Crippen LogP contribution in [-0.2, 0) is 15.8 Å². The topological polar surface area (TPSA) is 62.0 Å². The third-order valence-corrected chi connectivity index (χ3v) is 6.53. The molecule has 0 unspecified atom stereocenters. The summed E-state index contributed by atoms with van der Waals surface area (Å²) in [7, 11) is -3.28. The van der Waals surface area contributed by atoms with Crippen molar-refractivity contribution in [3.63, 3.8) is 0 Å². The summed E-state index contributed by atoms with van der Waals surface area (Å²) < 4.78 is 26.7. The SMILES string of the molecule is O=S(=O)(Cc1ccccc1)N1CC[NH+](C[C@@H](O)c2ccccc2)CC1. The Morgan fingerprint density at radius 2 is 1.52 bits per heavy atom. The first kappa shape index (κ1) is 18.1. The molecule has 1 heterocycles. The maximum Gasteiger partial charge on any atom is 0.218 e. The van der Waals surface area contributed by atoms with Gasteiger partial charge in [-0.15, -0.1) is 0 Å². The lowest BCUT2D eigenvalue weighted by Gasteiger charge is -2.32. The number of nitrogens with one attached hydrogen (secondary N) is 1. The number of aliphatic hydroxyl groups excluding tert-OH is 1. The average molecular weight is 361 g/mol. The van der Waals surface area contributed by atoms with Crippen LogP contribution in [0.4, 0.5) is 0 Å². The molecule has 134 valence electrons. The second kappa shape index (κ2) is 8.10. The maximum atomic E-state index is 12.6. The van der Waals surface area contributed by atoms with Crippen LogP contribution in [0.25, 0.3) is 0 Å². The number of piperazine rings is 1. The molecule has 2 aromatic rings. The van der Waals surface area contributed by atoms with E-state index in [1.54, 1.807) is 4.31 Å². The van der Waals surface area contributed by atoms with E-state index in [1.165, 1.54) is 4.90 Å². The smallest absolute Gasteiger partial charge is 0.218 e. The van der Waals surface area contributed by atoms with Gasteiger partial charge in [0.1, 0.15) is 12.6 Å². The summed E-state index contributed by atoms with van der Waals surface area (Å²) in [6.45, 7) is 3.06. The number of sulfonamides is 1. The molecule has 0 amide bonds. The highest BCUT2D eigenvalue weighted by atomic mass is 32.2. The second-order valence-electron chi connectivity index (χ2n) is 6.52. The normalized spacial score (nSPS) is 18.1. The Kier molecular flexibility index (Phi) is 5.86. The van der Waals surface area contributed by atoms with Crippen molar-refractivity contribution in [3.05, 3.63) is 71.8 Å². The fourth-order valence-corrected chi connectivity index (χ4v) is 4.76. The third-order valence-electron chi connectivity index (χ3n) is 4.68. The lowest BCUT2D eigenvalue weighted by Crippen LogP contribution is -3.15. The summed E-state index contributed by atoms with van der Waals surface area (Å²) in [6.07, 6.45) is -0.510. The summed E-state index contributed by atoms with van der Waals surface area (Å²) in [5, 5.41) is 10.3. The first-order valence-electron chi connectivity index (χ1n) is 8.63. The van der Waals surface area contributed by atoms with Gasteiger partial charge in [-0.05, 0) is 11.1 Å². The van der Waals surface area contributed by atoms with Gasteiger partial charge >= 0.3 is 0 Å². The fourth-order valence-electron chi connectivity index (χ4n) is 3.23. The number of nitrogens with zero attached hydrogens (tertiary/aromatic N) is 1. The van der Waals surface area contributed by atoms with E-state index in [0.29, 0.717) is 19.6 Å². The van der Waals surface area contributed by atoms with Crippen LogP contribution in [0.3, 0.4) is 0 Å². The van der Waals surface area contributed by atoms with Crippen molar-refractivity contribution in [2.45, 2.75) is 11.9 Å². The van der Waals surface area contributed by atoms with E-state index in [4.69, 9.17) is 0 Å². The van der Waals surface area contributed by atoms with Crippen LogP contribution >= 0.6 is 0 Å². The molecule has 0 saturated carbocycles. The van der Waals surface area contributed by atoms with E-state index >= 15 is 0 Å². The molecule has 1 saturated heterocycles. The van der Waals surface area contributed by atoms with E-state index in [9.17, 15) is 13.5 Å². The molecule has 1 aliphatic heterocycles. The minimum Gasteiger partial charge on any atom is -0.382 e. The molecule has 1 atom stereocenters. The number of benzene rings is 2. The van der Waals surface area contributed by atoms with Crippen molar-refractivity contribution in [1.82, 2.24) is 4.31 Å². The molecule has 0 spiro atoms. The van der Waals surface area contributed by atoms with Crippen LogP contribution in [0.1, 0.15) is 17.2 Å². The molecule has 5 nitrogen and oxygen atoms in total. The molecule has 1 fully saturated rings. The monoisotopic (exact) mass is 361 g/mol. The van der Waals surface area contributed by atoms with Crippen LogP contribution in [0.15, 0.2) is 60.7 Å². The van der Waals surface area contributed by atoms with Crippen molar-refractivity contribution in [2.75, 3.05) is 32.7 Å². The van der Waals surface area contributed by atoms with Crippen molar-refractivity contribution >= 4 is 10.0 Å². The molecule has 3 rings (SSSR count). The van der Waals surface area contributed by atoms with Crippen LogP contribution in [0.5, 0.6) is 0 Å². The Hall–Kier alpha value is -1.73. The quantitative estimate of drug-likeness (QED) is 0.785. The molecule has 2 aromatic carbocycles.